The highest BCUT2D eigenvalue weighted by atomic mass is 35.5. The molecular weight excluding hydrogens is 381 g/mol. The molecule has 2 aliphatic rings. The van der Waals surface area contributed by atoms with Crippen LogP contribution in [0.2, 0.25) is 5.02 Å². The predicted octanol–water partition coefficient (Wildman–Crippen LogP) is 3.32. The third-order valence-electron chi connectivity index (χ3n) is 5.39. The quantitative estimate of drug-likeness (QED) is 0.836. The van der Waals surface area contributed by atoms with E-state index in [1.54, 1.807) is 0 Å². The molecule has 2 fully saturated rings. The number of amides is 1. The van der Waals surface area contributed by atoms with Crippen molar-refractivity contribution >= 4 is 23.3 Å². The number of nitrogens with zero attached hydrogens (tertiary/aromatic N) is 3. The largest absolute Gasteiger partial charge is 0.417 e. The number of aromatic nitrogens is 1. The van der Waals surface area contributed by atoms with Crippen LogP contribution in [0.25, 0.3) is 0 Å². The molecule has 27 heavy (non-hydrogen) atoms. The Morgan fingerprint density at radius 2 is 1.89 bits per heavy atom. The van der Waals surface area contributed by atoms with E-state index >= 15 is 0 Å². The lowest BCUT2D eigenvalue weighted by Crippen LogP contribution is -2.55. The van der Waals surface area contributed by atoms with E-state index in [0.717, 1.165) is 25.1 Å². The van der Waals surface area contributed by atoms with Crippen molar-refractivity contribution in [1.82, 2.24) is 15.2 Å². The molecule has 1 N–H and O–H groups in total. The molecule has 150 valence electrons. The maximum atomic E-state index is 12.7. The Bertz CT molecular complexity index is 671. The molecule has 9 heteroatoms. The minimum absolute atomic E-state index is 0.00898. The van der Waals surface area contributed by atoms with Crippen molar-refractivity contribution in [3.8, 4) is 0 Å². The minimum atomic E-state index is -4.46. The third kappa shape index (κ3) is 4.85. The number of carbonyl (C=O) groups is 1. The van der Waals surface area contributed by atoms with Gasteiger partial charge in [-0.25, -0.2) is 4.98 Å². The first-order valence-corrected chi connectivity index (χ1v) is 9.65. The van der Waals surface area contributed by atoms with Crippen molar-refractivity contribution in [2.45, 2.75) is 50.9 Å². The lowest BCUT2D eigenvalue weighted by molar-refractivity contribution is -0.137. The van der Waals surface area contributed by atoms with Gasteiger partial charge in [0.25, 0.3) is 0 Å². The van der Waals surface area contributed by atoms with Gasteiger partial charge < -0.3 is 10.2 Å². The Kier molecular flexibility index (Phi) is 6.15. The van der Waals surface area contributed by atoms with Gasteiger partial charge in [-0.3, -0.25) is 9.69 Å². The van der Waals surface area contributed by atoms with E-state index in [-0.39, 0.29) is 23.0 Å². The normalized spacial score (nSPS) is 20.7. The highest BCUT2D eigenvalue weighted by Crippen LogP contribution is 2.33. The smallest absolute Gasteiger partial charge is 0.353 e. The van der Waals surface area contributed by atoms with E-state index in [1.807, 2.05) is 11.8 Å². The van der Waals surface area contributed by atoms with Crippen LogP contribution in [-0.2, 0) is 11.0 Å². The van der Waals surface area contributed by atoms with Gasteiger partial charge in [-0.2, -0.15) is 13.2 Å². The molecule has 1 saturated carbocycles. The van der Waals surface area contributed by atoms with Crippen molar-refractivity contribution < 1.29 is 18.0 Å². The first kappa shape index (κ1) is 20.2. The number of nitrogens with one attached hydrogen (secondary N) is 1. The lowest BCUT2D eigenvalue weighted by Gasteiger charge is -2.38. The standard InChI is InChI=1S/C18H24ClF3N4O/c1-12(17(27)24-14-4-2-3-5-14)25-6-8-26(9-7-25)16-15(19)10-13(11-23-16)18(20,21)22/h10-12,14H,2-9H2,1H3,(H,24,27)/t12-/m0/s1. The van der Waals surface area contributed by atoms with Crippen LogP contribution in [0, 0.1) is 0 Å². The maximum Gasteiger partial charge on any atom is 0.417 e. The summed E-state index contributed by atoms with van der Waals surface area (Å²) in [6.07, 6.45) is 0.772. The number of halogens is 4. The number of anilines is 1. The van der Waals surface area contributed by atoms with Gasteiger partial charge >= 0.3 is 6.18 Å². The van der Waals surface area contributed by atoms with E-state index in [2.05, 4.69) is 15.2 Å². The molecule has 0 aromatic carbocycles. The van der Waals surface area contributed by atoms with Crippen molar-refractivity contribution in [2.75, 3.05) is 31.1 Å². The van der Waals surface area contributed by atoms with Crippen LogP contribution in [-0.4, -0.2) is 54.1 Å². The van der Waals surface area contributed by atoms with Crippen molar-refractivity contribution in [3.63, 3.8) is 0 Å². The zero-order chi connectivity index (χ0) is 19.6. The van der Waals surface area contributed by atoms with E-state index in [1.165, 1.54) is 12.8 Å². The maximum absolute atomic E-state index is 12.7. The molecule has 0 spiro atoms. The fraction of sp³-hybridized carbons (Fsp3) is 0.667. The number of hydrogen-bond donors (Lipinski definition) is 1. The highest BCUT2D eigenvalue weighted by Gasteiger charge is 2.33. The van der Waals surface area contributed by atoms with Crippen LogP contribution in [0.15, 0.2) is 12.3 Å². The Balaban J connectivity index is 1.56. The van der Waals surface area contributed by atoms with Crippen LogP contribution < -0.4 is 10.2 Å². The average Bonchev–Trinajstić information content (AvgIpc) is 3.13. The monoisotopic (exact) mass is 404 g/mol. The first-order valence-electron chi connectivity index (χ1n) is 9.28. The summed E-state index contributed by atoms with van der Waals surface area (Å²) in [5.41, 5.74) is -0.855. The van der Waals surface area contributed by atoms with Gasteiger partial charge in [0.2, 0.25) is 5.91 Å². The molecule has 1 atom stereocenters. The Morgan fingerprint density at radius 1 is 1.26 bits per heavy atom. The van der Waals surface area contributed by atoms with Crippen LogP contribution in [0.3, 0.4) is 0 Å². The molecule has 2 heterocycles. The molecule has 0 radical (unpaired) electrons. The molecule has 5 nitrogen and oxygen atoms in total. The Hall–Kier alpha value is -1.54. The molecule has 1 aromatic rings. The van der Waals surface area contributed by atoms with Gasteiger partial charge in [0, 0.05) is 38.4 Å². The van der Waals surface area contributed by atoms with Crippen molar-refractivity contribution in [1.29, 1.82) is 0 Å². The fourth-order valence-electron chi connectivity index (χ4n) is 3.70. The second-order valence-corrected chi connectivity index (χ2v) is 7.62. The van der Waals surface area contributed by atoms with Gasteiger partial charge in [-0.05, 0) is 25.8 Å². The SMILES string of the molecule is C[C@@H](C(=O)NC1CCCC1)N1CCN(c2ncc(C(F)(F)F)cc2Cl)CC1. The molecule has 3 rings (SSSR count). The average molecular weight is 405 g/mol. The highest BCUT2D eigenvalue weighted by molar-refractivity contribution is 6.33. The summed E-state index contributed by atoms with van der Waals surface area (Å²) < 4.78 is 38.2. The molecule has 0 bridgehead atoms. The topological polar surface area (TPSA) is 48.5 Å². The number of pyridine rings is 1. The van der Waals surface area contributed by atoms with E-state index < -0.39 is 11.7 Å². The Morgan fingerprint density at radius 3 is 2.44 bits per heavy atom. The molecule has 0 unspecified atom stereocenters. The van der Waals surface area contributed by atoms with Crippen LogP contribution >= 0.6 is 11.6 Å². The van der Waals surface area contributed by atoms with Gasteiger partial charge in [-0.15, -0.1) is 0 Å². The number of carbonyl (C=O) groups excluding carboxylic acids is 1. The third-order valence-corrected chi connectivity index (χ3v) is 5.67. The molecule has 1 amide bonds. The molecule has 1 aromatic heterocycles. The number of piperazine rings is 1. The second kappa shape index (κ2) is 8.22. The van der Waals surface area contributed by atoms with E-state index in [4.69, 9.17) is 11.6 Å². The van der Waals surface area contributed by atoms with Crippen LogP contribution in [0.5, 0.6) is 0 Å². The fourth-order valence-corrected chi connectivity index (χ4v) is 3.98. The molecular formula is C18H24ClF3N4O. The summed E-state index contributed by atoms with van der Waals surface area (Å²) >= 11 is 6.03. The number of rotatable bonds is 4. The van der Waals surface area contributed by atoms with Crippen molar-refractivity contribution in [2.24, 2.45) is 0 Å². The van der Waals surface area contributed by atoms with E-state index in [9.17, 15) is 18.0 Å². The minimum Gasteiger partial charge on any atom is -0.353 e. The van der Waals surface area contributed by atoms with Gasteiger partial charge in [0.15, 0.2) is 0 Å². The summed E-state index contributed by atoms with van der Waals surface area (Å²) in [5.74, 6) is 0.397. The molecule has 1 aliphatic heterocycles. The first-order chi connectivity index (χ1) is 12.8. The summed E-state index contributed by atoms with van der Waals surface area (Å²) in [7, 11) is 0. The van der Waals surface area contributed by atoms with Crippen LogP contribution in [0.1, 0.15) is 38.2 Å². The summed E-state index contributed by atoms with van der Waals surface area (Å²) in [6.45, 7) is 4.25. The Labute approximate surface area is 161 Å². The lowest BCUT2D eigenvalue weighted by atomic mass is 10.2. The van der Waals surface area contributed by atoms with Crippen molar-refractivity contribution in [3.05, 3.63) is 22.8 Å². The summed E-state index contributed by atoms with van der Waals surface area (Å²) in [6, 6.07) is 0.966. The van der Waals surface area contributed by atoms with E-state index in [0.29, 0.717) is 32.0 Å². The van der Waals surface area contributed by atoms with Crippen LogP contribution in [0.4, 0.5) is 19.0 Å². The second-order valence-electron chi connectivity index (χ2n) is 7.22. The number of alkyl halides is 3. The summed E-state index contributed by atoms with van der Waals surface area (Å²) in [5, 5.41) is 3.11. The molecule has 1 saturated heterocycles. The predicted molar refractivity (Wildman–Crippen MR) is 97.9 cm³/mol. The molecule has 1 aliphatic carbocycles. The van der Waals surface area contributed by atoms with Gasteiger partial charge in [-0.1, -0.05) is 24.4 Å². The zero-order valence-electron chi connectivity index (χ0n) is 15.2. The number of hydrogen-bond acceptors (Lipinski definition) is 4. The zero-order valence-corrected chi connectivity index (χ0v) is 16.0. The van der Waals surface area contributed by atoms with Gasteiger partial charge in [0.05, 0.1) is 16.6 Å². The summed E-state index contributed by atoms with van der Waals surface area (Å²) in [4.78, 5) is 20.3. The van der Waals surface area contributed by atoms with Gasteiger partial charge in [0.1, 0.15) is 5.82 Å².